The second kappa shape index (κ2) is 6.28. The van der Waals surface area contributed by atoms with Gasteiger partial charge in [0.05, 0.1) is 12.0 Å². The molecular weight excluding hydrogens is 286 g/mol. The normalized spacial score (nSPS) is 11.6. The molecule has 0 saturated heterocycles. The minimum absolute atomic E-state index is 0.263. The zero-order valence-electron chi connectivity index (χ0n) is 12.4. The van der Waals surface area contributed by atoms with Crippen molar-refractivity contribution in [3.63, 3.8) is 0 Å². The number of ether oxygens (including phenoxy) is 1. The Labute approximate surface area is 126 Å². The summed E-state index contributed by atoms with van der Waals surface area (Å²) in [5, 5.41) is 0. The summed E-state index contributed by atoms with van der Waals surface area (Å²) in [6.45, 7) is 2.32. The first-order chi connectivity index (χ1) is 9.95. The van der Waals surface area contributed by atoms with Crippen molar-refractivity contribution in [1.29, 1.82) is 0 Å². The van der Waals surface area contributed by atoms with Gasteiger partial charge in [-0.25, -0.2) is 8.42 Å². The van der Waals surface area contributed by atoms with Gasteiger partial charge in [0.15, 0.2) is 0 Å². The van der Waals surface area contributed by atoms with Crippen molar-refractivity contribution in [3.05, 3.63) is 59.7 Å². The van der Waals surface area contributed by atoms with Crippen LogP contribution >= 0.6 is 0 Å². The first-order valence-corrected chi connectivity index (χ1v) is 8.04. The molecule has 112 valence electrons. The molecule has 4 nitrogen and oxygen atoms in total. The van der Waals surface area contributed by atoms with Crippen molar-refractivity contribution in [2.75, 3.05) is 14.2 Å². The summed E-state index contributed by atoms with van der Waals surface area (Å²) >= 11 is 0. The largest absolute Gasteiger partial charge is 0.497 e. The average Bonchev–Trinajstić information content (AvgIpc) is 2.49. The maximum Gasteiger partial charge on any atom is 0.243 e. The molecule has 0 aliphatic rings. The van der Waals surface area contributed by atoms with E-state index in [1.165, 1.54) is 4.31 Å². The Morgan fingerprint density at radius 1 is 1.05 bits per heavy atom. The van der Waals surface area contributed by atoms with Crippen LogP contribution in [0.5, 0.6) is 5.75 Å². The van der Waals surface area contributed by atoms with E-state index in [4.69, 9.17) is 4.74 Å². The highest BCUT2D eigenvalue weighted by molar-refractivity contribution is 7.89. The standard InChI is InChI=1S/C16H19NO3S/c1-13-6-4-5-7-14(13)12-17(2)21(18,19)16-10-8-15(20-3)9-11-16/h4-11H,12H2,1-3H3. The SMILES string of the molecule is COc1ccc(S(=O)(=O)N(C)Cc2ccccc2C)cc1. The highest BCUT2D eigenvalue weighted by atomic mass is 32.2. The molecule has 0 aliphatic heterocycles. The number of methoxy groups -OCH3 is 1. The molecule has 0 aromatic heterocycles. The lowest BCUT2D eigenvalue weighted by molar-refractivity contribution is 0.414. The molecule has 0 atom stereocenters. The van der Waals surface area contributed by atoms with Crippen molar-refractivity contribution in [3.8, 4) is 5.75 Å². The van der Waals surface area contributed by atoms with Gasteiger partial charge in [0.25, 0.3) is 0 Å². The van der Waals surface area contributed by atoms with E-state index >= 15 is 0 Å². The van der Waals surface area contributed by atoms with Crippen LogP contribution in [0, 0.1) is 6.92 Å². The number of hydrogen-bond donors (Lipinski definition) is 0. The lowest BCUT2D eigenvalue weighted by atomic mass is 10.1. The highest BCUT2D eigenvalue weighted by Gasteiger charge is 2.21. The lowest BCUT2D eigenvalue weighted by Crippen LogP contribution is -2.26. The zero-order valence-corrected chi connectivity index (χ0v) is 13.2. The third kappa shape index (κ3) is 3.43. The predicted octanol–water partition coefficient (Wildman–Crippen LogP) is 2.82. The van der Waals surface area contributed by atoms with Gasteiger partial charge in [0.1, 0.15) is 5.75 Å². The van der Waals surface area contributed by atoms with E-state index < -0.39 is 10.0 Å². The number of rotatable bonds is 5. The molecule has 2 rings (SSSR count). The average molecular weight is 305 g/mol. The Hall–Kier alpha value is -1.85. The maximum atomic E-state index is 12.5. The van der Waals surface area contributed by atoms with Gasteiger partial charge >= 0.3 is 0 Å². The minimum Gasteiger partial charge on any atom is -0.497 e. The molecule has 2 aromatic carbocycles. The molecular formula is C16H19NO3S. The third-order valence-electron chi connectivity index (χ3n) is 3.42. The number of aryl methyl sites for hydroxylation is 1. The van der Waals surface area contributed by atoms with Crippen LogP contribution in [0.15, 0.2) is 53.4 Å². The Morgan fingerprint density at radius 2 is 1.67 bits per heavy atom. The smallest absolute Gasteiger partial charge is 0.243 e. The summed E-state index contributed by atoms with van der Waals surface area (Å²) in [5.41, 5.74) is 2.08. The van der Waals surface area contributed by atoms with Crippen LogP contribution in [0.25, 0.3) is 0 Å². The first-order valence-electron chi connectivity index (χ1n) is 6.60. The fraction of sp³-hybridized carbons (Fsp3) is 0.250. The van der Waals surface area contributed by atoms with Gasteiger partial charge in [0.2, 0.25) is 10.0 Å². The monoisotopic (exact) mass is 305 g/mol. The van der Waals surface area contributed by atoms with Gasteiger partial charge < -0.3 is 4.74 Å². The van der Waals surface area contributed by atoms with E-state index in [1.54, 1.807) is 38.4 Å². The van der Waals surface area contributed by atoms with Crippen molar-refractivity contribution in [1.82, 2.24) is 4.31 Å². The van der Waals surface area contributed by atoms with Crippen LogP contribution in [0.3, 0.4) is 0 Å². The number of benzene rings is 2. The quantitative estimate of drug-likeness (QED) is 0.853. The molecule has 0 amide bonds. The van der Waals surface area contributed by atoms with Crippen molar-refractivity contribution in [2.45, 2.75) is 18.4 Å². The Balaban J connectivity index is 2.24. The van der Waals surface area contributed by atoms with Gasteiger partial charge in [0, 0.05) is 13.6 Å². The van der Waals surface area contributed by atoms with Crippen LogP contribution in [-0.4, -0.2) is 26.9 Å². The molecule has 0 unspecified atom stereocenters. The van der Waals surface area contributed by atoms with Crippen LogP contribution in [0.4, 0.5) is 0 Å². The Kier molecular flexibility index (Phi) is 4.65. The van der Waals surface area contributed by atoms with Crippen molar-refractivity contribution >= 4 is 10.0 Å². The fourth-order valence-corrected chi connectivity index (χ4v) is 3.19. The molecule has 5 heteroatoms. The maximum absolute atomic E-state index is 12.5. The summed E-state index contributed by atoms with van der Waals surface area (Å²) in [5.74, 6) is 0.635. The number of nitrogens with zero attached hydrogens (tertiary/aromatic N) is 1. The molecule has 0 aliphatic carbocycles. The predicted molar refractivity (Wildman–Crippen MR) is 82.8 cm³/mol. The third-order valence-corrected chi connectivity index (χ3v) is 5.24. The minimum atomic E-state index is -3.50. The molecule has 2 aromatic rings. The fourth-order valence-electron chi connectivity index (χ4n) is 2.04. The zero-order chi connectivity index (χ0) is 15.5. The number of sulfonamides is 1. The topological polar surface area (TPSA) is 46.6 Å². The molecule has 0 radical (unpaired) electrons. The van der Waals surface area contributed by atoms with E-state index in [0.29, 0.717) is 12.3 Å². The van der Waals surface area contributed by atoms with Gasteiger partial charge in [-0.2, -0.15) is 4.31 Å². The van der Waals surface area contributed by atoms with Crippen LogP contribution in [-0.2, 0) is 16.6 Å². The first kappa shape index (κ1) is 15.5. The number of hydrogen-bond acceptors (Lipinski definition) is 3. The second-order valence-electron chi connectivity index (χ2n) is 4.86. The van der Waals surface area contributed by atoms with Crippen LogP contribution < -0.4 is 4.74 Å². The van der Waals surface area contributed by atoms with Crippen LogP contribution in [0.2, 0.25) is 0 Å². The summed E-state index contributed by atoms with van der Waals surface area (Å²) in [6, 6.07) is 14.2. The summed E-state index contributed by atoms with van der Waals surface area (Å²) < 4.78 is 31.5. The van der Waals surface area contributed by atoms with Gasteiger partial charge in [-0.3, -0.25) is 0 Å². The van der Waals surface area contributed by atoms with Crippen molar-refractivity contribution in [2.24, 2.45) is 0 Å². The lowest BCUT2D eigenvalue weighted by Gasteiger charge is -2.18. The molecule has 0 N–H and O–H groups in total. The van der Waals surface area contributed by atoms with Crippen LogP contribution in [0.1, 0.15) is 11.1 Å². The Morgan fingerprint density at radius 3 is 2.24 bits per heavy atom. The summed E-state index contributed by atoms with van der Waals surface area (Å²) in [4.78, 5) is 0.263. The van der Waals surface area contributed by atoms with E-state index in [0.717, 1.165) is 11.1 Å². The molecule has 0 fully saturated rings. The van der Waals surface area contributed by atoms with E-state index in [1.807, 2.05) is 31.2 Å². The van der Waals surface area contributed by atoms with E-state index in [-0.39, 0.29) is 4.90 Å². The van der Waals surface area contributed by atoms with E-state index in [9.17, 15) is 8.42 Å². The van der Waals surface area contributed by atoms with Gasteiger partial charge in [-0.15, -0.1) is 0 Å². The second-order valence-corrected chi connectivity index (χ2v) is 6.91. The van der Waals surface area contributed by atoms with E-state index in [2.05, 4.69) is 0 Å². The molecule has 0 spiro atoms. The van der Waals surface area contributed by atoms with Gasteiger partial charge in [-0.1, -0.05) is 24.3 Å². The summed E-state index contributed by atoms with van der Waals surface area (Å²) in [6.07, 6.45) is 0. The molecule has 21 heavy (non-hydrogen) atoms. The Bertz CT molecular complexity index is 709. The van der Waals surface area contributed by atoms with Gasteiger partial charge in [-0.05, 0) is 42.3 Å². The molecule has 0 heterocycles. The molecule has 0 saturated carbocycles. The van der Waals surface area contributed by atoms with Crippen molar-refractivity contribution < 1.29 is 13.2 Å². The molecule has 0 bridgehead atoms. The summed E-state index contributed by atoms with van der Waals surface area (Å²) in [7, 11) is -0.362. The highest BCUT2D eigenvalue weighted by Crippen LogP contribution is 2.20.